The lowest BCUT2D eigenvalue weighted by Gasteiger charge is -2.35. The van der Waals surface area contributed by atoms with Gasteiger partial charge in [-0.15, -0.1) is 0 Å². The van der Waals surface area contributed by atoms with Gasteiger partial charge in [0.1, 0.15) is 0 Å². The van der Waals surface area contributed by atoms with E-state index in [0.29, 0.717) is 19.1 Å². The van der Waals surface area contributed by atoms with Gasteiger partial charge in [0.05, 0.1) is 12.6 Å². The van der Waals surface area contributed by atoms with Crippen molar-refractivity contribution in [2.24, 2.45) is 0 Å². The summed E-state index contributed by atoms with van der Waals surface area (Å²) >= 11 is 0. The Balaban J connectivity index is 1.92. The molecule has 4 heteroatoms. The molecule has 2 heterocycles. The molecule has 74 valence electrons. The van der Waals surface area contributed by atoms with Gasteiger partial charge in [-0.1, -0.05) is 0 Å². The van der Waals surface area contributed by atoms with Gasteiger partial charge >= 0.3 is 0 Å². The van der Waals surface area contributed by atoms with Gasteiger partial charge < -0.3 is 5.32 Å². The number of piperidine rings is 1. The number of rotatable bonds is 1. The maximum Gasteiger partial charge on any atom is 0.246 e. The third-order valence-corrected chi connectivity index (χ3v) is 2.65. The maximum absolute atomic E-state index is 11.5. The van der Waals surface area contributed by atoms with Gasteiger partial charge in [0.25, 0.3) is 0 Å². The molecular weight excluding hydrogens is 168 g/mol. The molecule has 0 aliphatic carbocycles. The Morgan fingerprint density at radius 1 is 1.38 bits per heavy atom. The molecule has 0 aromatic heterocycles. The minimum Gasteiger partial charge on any atom is -0.317 e. The molecule has 1 N–H and O–H groups in total. The summed E-state index contributed by atoms with van der Waals surface area (Å²) in [5.41, 5.74) is 0. The predicted octanol–water partition coefficient (Wildman–Crippen LogP) is 0.292. The van der Waals surface area contributed by atoms with Crippen LogP contribution in [0.5, 0.6) is 0 Å². The highest BCUT2D eigenvalue weighted by Crippen LogP contribution is 2.17. The Hall–Kier alpha value is -0.610. The highest BCUT2D eigenvalue weighted by Gasteiger charge is 2.28. The van der Waals surface area contributed by atoms with Gasteiger partial charge in [0.2, 0.25) is 5.91 Å². The largest absolute Gasteiger partial charge is 0.317 e. The van der Waals surface area contributed by atoms with Gasteiger partial charge in [-0.25, -0.2) is 5.06 Å². The molecule has 0 saturated carbocycles. The summed E-state index contributed by atoms with van der Waals surface area (Å²) in [4.78, 5) is 16.9. The van der Waals surface area contributed by atoms with Gasteiger partial charge in [0, 0.05) is 6.42 Å². The van der Waals surface area contributed by atoms with Crippen molar-refractivity contribution in [3.8, 4) is 0 Å². The minimum absolute atomic E-state index is 0.165. The molecule has 0 aromatic carbocycles. The summed E-state index contributed by atoms with van der Waals surface area (Å²) in [6, 6.07) is 0.314. The molecule has 2 aliphatic heterocycles. The number of carbonyl (C=O) groups excluding carboxylic acids is 1. The summed E-state index contributed by atoms with van der Waals surface area (Å²) in [6.07, 6.45) is 3.57. The zero-order chi connectivity index (χ0) is 9.10. The quantitative estimate of drug-likeness (QED) is 0.637. The molecule has 2 rings (SSSR count). The van der Waals surface area contributed by atoms with Crippen molar-refractivity contribution in [3.63, 3.8) is 0 Å². The Bertz CT molecular complexity index is 190. The fourth-order valence-electron chi connectivity index (χ4n) is 1.92. The lowest BCUT2D eigenvalue weighted by molar-refractivity contribution is -0.214. The molecule has 0 spiro atoms. The van der Waals surface area contributed by atoms with Crippen LogP contribution in [-0.4, -0.2) is 36.7 Å². The van der Waals surface area contributed by atoms with Gasteiger partial charge in [-0.05, 0) is 32.4 Å². The van der Waals surface area contributed by atoms with E-state index in [-0.39, 0.29) is 5.91 Å². The SMILES string of the molecule is O=C1CCCON1C1CCNCC1. The monoisotopic (exact) mass is 184 g/mol. The van der Waals surface area contributed by atoms with Gasteiger partial charge in [-0.3, -0.25) is 9.63 Å². The van der Waals surface area contributed by atoms with Crippen LogP contribution in [-0.2, 0) is 9.63 Å². The number of nitrogens with one attached hydrogen (secondary N) is 1. The van der Waals surface area contributed by atoms with Crippen molar-refractivity contribution in [1.29, 1.82) is 0 Å². The van der Waals surface area contributed by atoms with E-state index in [1.54, 1.807) is 5.06 Å². The summed E-state index contributed by atoms with van der Waals surface area (Å²) in [6.45, 7) is 2.70. The van der Waals surface area contributed by atoms with Gasteiger partial charge in [-0.2, -0.15) is 0 Å². The lowest BCUT2D eigenvalue weighted by Crippen LogP contribution is -2.47. The number of amides is 1. The van der Waals surface area contributed by atoms with Crippen molar-refractivity contribution in [1.82, 2.24) is 10.4 Å². The zero-order valence-corrected chi connectivity index (χ0v) is 7.79. The Morgan fingerprint density at radius 2 is 2.15 bits per heavy atom. The van der Waals surface area contributed by atoms with Crippen molar-refractivity contribution in [3.05, 3.63) is 0 Å². The van der Waals surface area contributed by atoms with Crippen LogP contribution in [0, 0.1) is 0 Å². The van der Waals surface area contributed by atoms with Crippen molar-refractivity contribution >= 4 is 5.91 Å². The average molecular weight is 184 g/mol. The van der Waals surface area contributed by atoms with E-state index in [2.05, 4.69) is 5.32 Å². The third-order valence-electron chi connectivity index (χ3n) is 2.65. The van der Waals surface area contributed by atoms with Crippen LogP contribution in [0.3, 0.4) is 0 Å². The minimum atomic E-state index is 0.165. The predicted molar refractivity (Wildman–Crippen MR) is 47.9 cm³/mol. The highest BCUT2D eigenvalue weighted by atomic mass is 16.7. The first-order valence-corrected chi connectivity index (χ1v) is 5.03. The molecule has 0 unspecified atom stereocenters. The molecule has 0 aromatic rings. The van der Waals surface area contributed by atoms with Crippen LogP contribution >= 0.6 is 0 Å². The lowest BCUT2D eigenvalue weighted by atomic mass is 10.1. The van der Waals surface area contributed by atoms with E-state index in [0.717, 1.165) is 32.4 Å². The van der Waals surface area contributed by atoms with Crippen LogP contribution in [0.2, 0.25) is 0 Å². The second kappa shape index (κ2) is 4.07. The highest BCUT2D eigenvalue weighted by molar-refractivity contribution is 5.75. The fraction of sp³-hybridized carbons (Fsp3) is 0.889. The first kappa shape index (κ1) is 8.97. The van der Waals surface area contributed by atoms with E-state index in [9.17, 15) is 4.79 Å². The van der Waals surface area contributed by atoms with E-state index in [1.165, 1.54) is 0 Å². The molecule has 1 amide bonds. The zero-order valence-electron chi connectivity index (χ0n) is 7.79. The third kappa shape index (κ3) is 2.00. The van der Waals surface area contributed by atoms with Crippen LogP contribution in [0.25, 0.3) is 0 Å². The average Bonchev–Trinajstić information content (AvgIpc) is 2.20. The van der Waals surface area contributed by atoms with E-state index in [4.69, 9.17) is 4.84 Å². The Labute approximate surface area is 78.2 Å². The molecule has 2 fully saturated rings. The number of nitrogens with zero attached hydrogens (tertiary/aromatic N) is 1. The molecule has 13 heavy (non-hydrogen) atoms. The summed E-state index contributed by atoms with van der Waals surface area (Å²) in [5, 5.41) is 4.89. The van der Waals surface area contributed by atoms with Gasteiger partial charge in [0.15, 0.2) is 0 Å². The number of hydroxylamine groups is 2. The van der Waals surface area contributed by atoms with Crippen molar-refractivity contribution in [2.45, 2.75) is 31.7 Å². The van der Waals surface area contributed by atoms with Crippen LogP contribution in [0.4, 0.5) is 0 Å². The second-order valence-corrected chi connectivity index (χ2v) is 3.64. The van der Waals surface area contributed by atoms with E-state index < -0.39 is 0 Å². The summed E-state index contributed by atoms with van der Waals surface area (Å²) in [5.74, 6) is 0.165. The number of carbonyl (C=O) groups is 1. The fourth-order valence-corrected chi connectivity index (χ4v) is 1.92. The van der Waals surface area contributed by atoms with Crippen molar-refractivity contribution < 1.29 is 9.63 Å². The molecule has 0 bridgehead atoms. The normalized spacial score (nSPS) is 26.5. The van der Waals surface area contributed by atoms with E-state index in [1.807, 2.05) is 0 Å². The van der Waals surface area contributed by atoms with Crippen LogP contribution in [0.1, 0.15) is 25.7 Å². The Morgan fingerprint density at radius 3 is 2.85 bits per heavy atom. The molecule has 2 aliphatic rings. The molecule has 0 atom stereocenters. The van der Waals surface area contributed by atoms with Crippen molar-refractivity contribution in [2.75, 3.05) is 19.7 Å². The number of hydrogen-bond acceptors (Lipinski definition) is 3. The maximum atomic E-state index is 11.5. The summed E-state index contributed by atoms with van der Waals surface area (Å²) in [7, 11) is 0. The second-order valence-electron chi connectivity index (χ2n) is 3.64. The van der Waals surface area contributed by atoms with Crippen LogP contribution in [0.15, 0.2) is 0 Å². The molecule has 4 nitrogen and oxygen atoms in total. The first-order valence-electron chi connectivity index (χ1n) is 5.03. The van der Waals surface area contributed by atoms with E-state index >= 15 is 0 Å². The number of hydrogen-bond donors (Lipinski definition) is 1. The standard InChI is InChI=1S/C9H16N2O2/c12-9-2-1-7-13-11(9)8-3-5-10-6-4-8/h8,10H,1-7H2. The smallest absolute Gasteiger partial charge is 0.246 e. The molecule has 0 radical (unpaired) electrons. The Kier molecular flexibility index (Phi) is 2.80. The first-order chi connectivity index (χ1) is 6.38. The van der Waals surface area contributed by atoms with Crippen LogP contribution < -0.4 is 5.32 Å². The molecule has 2 saturated heterocycles. The molecular formula is C9H16N2O2. The topological polar surface area (TPSA) is 41.6 Å². The summed E-state index contributed by atoms with van der Waals surface area (Å²) < 4.78 is 0.